The molecule has 25 heavy (non-hydrogen) atoms. The smallest absolute Gasteiger partial charge is 0.321 e. The molecule has 0 unspecified atom stereocenters. The molecule has 6 nitrogen and oxygen atoms in total. The van der Waals surface area contributed by atoms with Gasteiger partial charge in [-0.15, -0.1) is 0 Å². The summed E-state index contributed by atoms with van der Waals surface area (Å²) >= 11 is 0. The normalized spacial score (nSPS) is 14.8. The van der Waals surface area contributed by atoms with E-state index in [1.54, 1.807) is 12.5 Å². The first kappa shape index (κ1) is 17.3. The van der Waals surface area contributed by atoms with Crippen LogP contribution in [0, 0.1) is 0 Å². The number of benzene rings is 1. The van der Waals surface area contributed by atoms with Crippen LogP contribution in [0.15, 0.2) is 41.2 Å². The van der Waals surface area contributed by atoms with Crippen LogP contribution < -0.4 is 10.6 Å². The molecule has 2 N–H and O–H groups in total. The SMILES string of the molecule is O=C(Nc1ccc(NCCCc2cnoc2)cc1)N1CCCCCC1. The summed E-state index contributed by atoms with van der Waals surface area (Å²) in [6.45, 7) is 2.60. The third-order valence-corrected chi connectivity index (χ3v) is 4.48. The highest BCUT2D eigenvalue weighted by Crippen LogP contribution is 2.16. The molecular formula is C19H26N4O2. The molecule has 1 fully saturated rings. The van der Waals surface area contributed by atoms with E-state index in [9.17, 15) is 4.79 Å². The highest BCUT2D eigenvalue weighted by Gasteiger charge is 2.15. The van der Waals surface area contributed by atoms with Gasteiger partial charge in [-0.2, -0.15) is 0 Å². The van der Waals surface area contributed by atoms with Gasteiger partial charge in [-0.25, -0.2) is 4.79 Å². The second-order valence-corrected chi connectivity index (χ2v) is 6.47. The lowest BCUT2D eigenvalue weighted by atomic mass is 10.2. The van der Waals surface area contributed by atoms with Crippen molar-refractivity contribution >= 4 is 17.4 Å². The molecule has 0 bridgehead atoms. The van der Waals surface area contributed by atoms with Crippen LogP contribution in [-0.4, -0.2) is 35.7 Å². The first-order chi connectivity index (χ1) is 12.3. The van der Waals surface area contributed by atoms with Gasteiger partial charge in [0.2, 0.25) is 0 Å². The van der Waals surface area contributed by atoms with Crippen LogP contribution in [0.4, 0.5) is 16.2 Å². The highest BCUT2D eigenvalue weighted by atomic mass is 16.5. The number of anilines is 2. The Bertz CT molecular complexity index is 632. The molecule has 1 aliphatic heterocycles. The summed E-state index contributed by atoms with van der Waals surface area (Å²) < 4.78 is 4.82. The number of aromatic nitrogens is 1. The molecule has 2 aromatic rings. The maximum absolute atomic E-state index is 12.3. The van der Waals surface area contributed by atoms with Gasteiger partial charge in [-0.05, 0) is 49.9 Å². The van der Waals surface area contributed by atoms with Gasteiger partial charge in [0.05, 0.1) is 6.20 Å². The minimum atomic E-state index is 0.0105. The van der Waals surface area contributed by atoms with Crippen molar-refractivity contribution in [3.8, 4) is 0 Å². The van der Waals surface area contributed by atoms with E-state index in [-0.39, 0.29) is 6.03 Å². The van der Waals surface area contributed by atoms with Crippen molar-refractivity contribution in [1.29, 1.82) is 0 Å². The minimum Gasteiger partial charge on any atom is -0.385 e. The molecule has 0 atom stereocenters. The van der Waals surface area contributed by atoms with E-state index in [2.05, 4.69) is 15.8 Å². The summed E-state index contributed by atoms with van der Waals surface area (Å²) in [6, 6.07) is 7.89. The van der Waals surface area contributed by atoms with Gasteiger partial charge in [0.15, 0.2) is 0 Å². The molecule has 0 aliphatic carbocycles. The summed E-state index contributed by atoms with van der Waals surface area (Å²) in [4.78, 5) is 14.2. The van der Waals surface area contributed by atoms with Crippen molar-refractivity contribution in [3.63, 3.8) is 0 Å². The topological polar surface area (TPSA) is 70.4 Å². The molecule has 0 spiro atoms. The predicted molar refractivity (Wildman–Crippen MR) is 98.8 cm³/mol. The minimum absolute atomic E-state index is 0.0105. The number of amides is 2. The van der Waals surface area contributed by atoms with Gasteiger partial charge in [0, 0.05) is 36.6 Å². The number of urea groups is 1. The molecule has 3 rings (SSSR count). The Labute approximate surface area is 148 Å². The molecule has 1 aromatic carbocycles. The number of hydrogen-bond acceptors (Lipinski definition) is 4. The second-order valence-electron chi connectivity index (χ2n) is 6.47. The van der Waals surface area contributed by atoms with Crippen molar-refractivity contribution in [3.05, 3.63) is 42.3 Å². The standard InChI is InChI=1S/C19H26N4O2/c24-19(23-12-3-1-2-4-13-23)22-18-9-7-17(8-10-18)20-11-5-6-16-14-21-25-15-16/h7-10,14-15,20H,1-6,11-13H2,(H,22,24). The Balaban J connectivity index is 1.41. The van der Waals surface area contributed by atoms with E-state index in [0.717, 1.165) is 62.3 Å². The Morgan fingerprint density at radius 2 is 1.80 bits per heavy atom. The molecule has 1 saturated heterocycles. The summed E-state index contributed by atoms with van der Waals surface area (Å²) in [6.07, 6.45) is 10.0. The fourth-order valence-electron chi connectivity index (χ4n) is 3.02. The Morgan fingerprint density at radius 1 is 1.08 bits per heavy atom. The molecule has 2 amide bonds. The monoisotopic (exact) mass is 342 g/mol. The van der Waals surface area contributed by atoms with Gasteiger partial charge in [0.1, 0.15) is 6.26 Å². The molecular weight excluding hydrogens is 316 g/mol. The maximum Gasteiger partial charge on any atom is 0.321 e. The first-order valence-corrected chi connectivity index (χ1v) is 9.09. The van der Waals surface area contributed by atoms with Crippen LogP contribution in [0.5, 0.6) is 0 Å². The number of nitrogens with zero attached hydrogens (tertiary/aromatic N) is 2. The number of aryl methyl sites for hydroxylation is 1. The number of carbonyl (C=O) groups excluding carboxylic acids is 1. The second kappa shape index (κ2) is 9.11. The van der Waals surface area contributed by atoms with Gasteiger partial charge in [-0.1, -0.05) is 18.0 Å². The van der Waals surface area contributed by atoms with E-state index in [1.807, 2.05) is 29.2 Å². The van der Waals surface area contributed by atoms with Gasteiger partial charge in [-0.3, -0.25) is 0 Å². The van der Waals surface area contributed by atoms with E-state index >= 15 is 0 Å². The van der Waals surface area contributed by atoms with Gasteiger partial charge in [0.25, 0.3) is 0 Å². The van der Waals surface area contributed by atoms with E-state index in [4.69, 9.17) is 4.52 Å². The molecule has 1 aliphatic rings. The Kier molecular flexibility index (Phi) is 6.31. The van der Waals surface area contributed by atoms with Gasteiger partial charge >= 0.3 is 6.03 Å². The molecule has 6 heteroatoms. The molecule has 2 heterocycles. The van der Waals surface area contributed by atoms with Crippen molar-refractivity contribution in [2.45, 2.75) is 38.5 Å². The lowest BCUT2D eigenvalue weighted by Crippen LogP contribution is -2.35. The maximum atomic E-state index is 12.3. The van der Waals surface area contributed by atoms with E-state index < -0.39 is 0 Å². The lowest BCUT2D eigenvalue weighted by Gasteiger charge is -2.20. The number of nitrogens with one attached hydrogen (secondary N) is 2. The van der Waals surface area contributed by atoms with Crippen LogP contribution in [0.25, 0.3) is 0 Å². The lowest BCUT2D eigenvalue weighted by molar-refractivity contribution is 0.214. The number of hydrogen-bond donors (Lipinski definition) is 2. The van der Waals surface area contributed by atoms with Crippen LogP contribution in [-0.2, 0) is 6.42 Å². The quantitative estimate of drug-likeness (QED) is 0.775. The van der Waals surface area contributed by atoms with Crippen molar-refractivity contribution in [1.82, 2.24) is 10.1 Å². The van der Waals surface area contributed by atoms with Crippen molar-refractivity contribution in [2.75, 3.05) is 30.3 Å². The van der Waals surface area contributed by atoms with Crippen LogP contribution in [0.2, 0.25) is 0 Å². The zero-order valence-corrected chi connectivity index (χ0v) is 14.5. The molecule has 0 saturated carbocycles. The average molecular weight is 342 g/mol. The number of likely N-dealkylation sites (tertiary alicyclic amines) is 1. The fourth-order valence-corrected chi connectivity index (χ4v) is 3.02. The largest absolute Gasteiger partial charge is 0.385 e. The zero-order chi connectivity index (χ0) is 17.3. The molecule has 0 radical (unpaired) electrons. The Morgan fingerprint density at radius 3 is 2.48 bits per heavy atom. The number of carbonyl (C=O) groups is 1. The van der Waals surface area contributed by atoms with Crippen molar-refractivity contribution in [2.24, 2.45) is 0 Å². The molecule has 134 valence electrons. The van der Waals surface area contributed by atoms with Crippen LogP contribution in [0.3, 0.4) is 0 Å². The first-order valence-electron chi connectivity index (χ1n) is 9.09. The van der Waals surface area contributed by atoms with Crippen LogP contribution >= 0.6 is 0 Å². The number of rotatable bonds is 6. The third kappa shape index (κ3) is 5.52. The predicted octanol–water partition coefficient (Wildman–Crippen LogP) is 4.13. The fraction of sp³-hybridized carbons (Fsp3) is 0.474. The van der Waals surface area contributed by atoms with Crippen molar-refractivity contribution < 1.29 is 9.32 Å². The van der Waals surface area contributed by atoms with Gasteiger partial charge < -0.3 is 20.1 Å². The highest BCUT2D eigenvalue weighted by molar-refractivity contribution is 5.89. The van der Waals surface area contributed by atoms with Crippen LogP contribution in [0.1, 0.15) is 37.7 Å². The third-order valence-electron chi connectivity index (χ3n) is 4.48. The average Bonchev–Trinajstić information content (AvgIpc) is 2.99. The molecule has 1 aromatic heterocycles. The summed E-state index contributed by atoms with van der Waals surface area (Å²) in [5.41, 5.74) is 3.01. The zero-order valence-electron chi connectivity index (χ0n) is 14.5. The summed E-state index contributed by atoms with van der Waals surface area (Å²) in [5, 5.41) is 10.1. The summed E-state index contributed by atoms with van der Waals surface area (Å²) in [7, 11) is 0. The van der Waals surface area contributed by atoms with E-state index in [0.29, 0.717) is 0 Å². The van der Waals surface area contributed by atoms with E-state index in [1.165, 1.54) is 12.8 Å². The summed E-state index contributed by atoms with van der Waals surface area (Å²) in [5.74, 6) is 0. The Hall–Kier alpha value is -2.50.